The van der Waals surface area contributed by atoms with Gasteiger partial charge in [0.1, 0.15) is 11.6 Å². The predicted molar refractivity (Wildman–Crippen MR) is 61.1 cm³/mol. The first-order valence-electron chi connectivity index (χ1n) is 5.11. The van der Waals surface area contributed by atoms with Gasteiger partial charge in [0.05, 0.1) is 18.7 Å². The monoisotopic (exact) mass is 241 g/mol. The zero-order valence-corrected chi connectivity index (χ0v) is 9.37. The van der Waals surface area contributed by atoms with Crippen LogP contribution in [-0.4, -0.2) is 12.6 Å². The Bertz CT molecular complexity index is 444. The predicted octanol–water partition coefficient (Wildman–Crippen LogP) is 2.51. The third-order valence-electron chi connectivity index (χ3n) is 2.00. The van der Waals surface area contributed by atoms with Gasteiger partial charge < -0.3 is 10.5 Å². The van der Waals surface area contributed by atoms with E-state index in [0.29, 0.717) is 12.7 Å². The van der Waals surface area contributed by atoms with Crippen LogP contribution in [0.25, 0.3) is 6.08 Å². The summed E-state index contributed by atoms with van der Waals surface area (Å²) in [6.45, 7) is 1.99. The Balaban J connectivity index is 2.71. The molecule has 1 aromatic carbocycles. The molecule has 17 heavy (non-hydrogen) atoms. The van der Waals surface area contributed by atoms with Gasteiger partial charge in [-0.2, -0.15) is 0 Å². The number of hydrogen-bond donors (Lipinski definition) is 1. The molecule has 0 saturated carbocycles. The number of hydrogen-bond acceptors (Lipinski definition) is 3. The number of benzene rings is 1. The summed E-state index contributed by atoms with van der Waals surface area (Å²) >= 11 is 0. The minimum atomic E-state index is -0.801. The highest BCUT2D eigenvalue weighted by Gasteiger charge is 2.05. The smallest absolute Gasteiger partial charge is 0.309 e. The maximum Gasteiger partial charge on any atom is 0.309 e. The molecule has 0 aliphatic rings. The van der Waals surface area contributed by atoms with Crippen LogP contribution in [0.15, 0.2) is 18.2 Å². The van der Waals surface area contributed by atoms with Crippen molar-refractivity contribution in [1.29, 1.82) is 0 Å². The third-order valence-corrected chi connectivity index (χ3v) is 2.00. The topological polar surface area (TPSA) is 52.3 Å². The lowest BCUT2D eigenvalue weighted by atomic mass is 10.1. The molecule has 0 spiro atoms. The summed E-state index contributed by atoms with van der Waals surface area (Å²) in [5.74, 6) is -1.93. The highest BCUT2D eigenvalue weighted by molar-refractivity contribution is 5.72. The molecule has 1 aromatic rings. The minimum Gasteiger partial charge on any atom is -0.466 e. The number of nitrogens with two attached hydrogens (primary N) is 1. The van der Waals surface area contributed by atoms with Gasteiger partial charge in [-0.25, -0.2) is 8.78 Å². The Labute approximate surface area is 97.9 Å². The lowest BCUT2D eigenvalue weighted by Crippen LogP contribution is -2.01. The van der Waals surface area contributed by atoms with Gasteiger partial charge in [0.2, 0.25) is 0 Å². The van der Waals surface area contributed by atoms with Crippen LogP contribution in [0.3, 0.4) is 0 Å². The minimum absolute atomic E-state index is 0.0323. The van der Waals surface area contributed by atoms with E-state index in [9.17, 15) is 13.6 Å². The quantitative estimate of drug-likeness (QED) is 0.651. The van der Waals surface area contributed by atoms with E-state index in [0.717, 1.165) is 0 Å². The normalized spacial score (nSPS) is 10.8. The molecule has 2 N–H and O–H groups in total. The fraction of sp³-hybridized carbons (Fsp3) is 0.250. The lowest BCUT2D eigenvalue weighted by molar-refractivity contribution is -0.142. The van der Waals surface area contributed by atoms with E-state index >= 15 is 0 Å². The molecule has 3 nitrogen and oxygen atoms in total. The van der Waals surface area contributed by atoms with Crippen molar-refractivity contribution in [2.45, 2.75) is 13.3 Å². The highest BCUT2D eigenvalue weighted by atomic mass is 19.1. The Morgan fingerprint density at radius 1 is 1.41 bits per heavy atom. The molecule has 5 heteroatoms. The van der Waals surface area contributed by atoms with Crippen molar-refractivity contribution in [3.05, 3.63) is 35.4 Å². The molecule has 0 aliphatic heterocycles. The zero-order chi connectivity index (χ0) is 12.8. The molecule has 0 heterocycles. The van der Waals surface area contributed by atoms with E-state index in [4.69, 9.17) is 5.73 Å². The maximum absolute atomic E-state index is 13.2. The van der Waals surface area contributed by atoms with Gasteiger partial charge in [-0.3, -0.25) is 4.79 Å². The van der Waals surface area contributed by atoms with E-state index in [2.05, 4.69) is 4.74 Å². The number of carbonyl (C=O) groups excluding carboxylic acids is 1. The molecular weight excluding hydrogens is 228 g/mol. The number of halogens is 2. The van der Waals surface area contributed by atoms with Crippen LogP contribution in [0.2, 0.25) is 0 Å². The second-order valence-corrected chi connectivity index (χ2v) is 3.31. The zero-order valence-electron chi connectivity index (χ0n) is 9.37. The summed E-state index contributed by atoms with van der Waals surface area (Å²) in [6, 6.07) is 1.88. The number of carbonyl (C=O) groups is 1. The Kier molecular flexibility index (Phi) is 4.63. The van der Waals surface area contributed by atoms with Gasteiger partial charge in [0, 0.05) is 11.6 Å². The molecule has 0 amide bonds. The Morgan fingerprint density at radius 3 is 2.76 bits per heavy atom. The van der Waals surface area contributed by atoms with Gasteiger partial charge in [-0.15, -0.1) is 0 Å². The number of esters is 1. The van der Waals surface area contributed by atoms with E-state index in [1.165, 1.54) is 18.2 Å². The van der Waals surface area contributed by atoms with Crippen molar-refractivity contribution in [1.82, 2.24) is 0 Å². The number of rotatable bonds is 4. The Hall–Kier alpha value is -1.91. The van der Waals surface area contributed by atoms with Crippen LogP contribution >= 0.6 is 0 Å². The van der Waals surface area contributed by atoms with Crippen LogP contribution in [0, 0.1) is 11.6 Å². The summed E-state index contributed by atoms with van der Waals surface area (Å²) < 4.78 is 30.8. The summed E-state index contributed by atoms with van der Waals surface area (Å²) in [5, 5.41) is 0. The van der Waals surface area contributed by atoms with Gasteiger partial charge >= 0.3 is 5.97 Å². The molecule has 0 unspecified atom stereocenters. The summed E-state index contributed by atoms with van der Waals surface area (Å²) in [6.07, 6.45) is 2.83. The fourth-order valence-electron chi connectivity index (χ4n) is 1.21. The van der Waals surface area contributed by atoms with Gasteiger partial charge in [0.25, 0.3) is 0 Å². The van der Waals surface area contributed by atoms with E-state index in [-0.39, 0.29) is 17.7 Å². The molecule has 92 valence electrons. The molecule has 0 atom stereocenters. The van der Waals surface area contributed by atoms with Crippen LogP contribution in [-0.2, 0) is 9.53 Å². The maximum atomic E-state index is 13.2. The molecule has 1 rings (SSSR count). The van der Waals surface area contributed by atoms with Crippen LogP contribution in [0.4, 0.5) is 14.5 Å². The Morgan fingerprint density at radius 2 is 2.12 bits per heavy atom. The van der Waals surface area contributed by atoms with Crippen molar-refractivity contribution in [2.24, 2.45) is 0 Å². The summed E-state index contributed by atoms with van der Waals surface area (Å²) in [4.78, 5) is 11.0. The fourth-order valence-corrected chi connectivity index (χ4v) is 1.21. The van der Waals surface area contributed by atoms with E-state index in [1.54, 1.807) is 6.92 Å². The van der Waals surface area contributed by atoms with Crippen molar-refractivity contribution in [3.8, 4) is 0 Å². The lowest BCUT2D eigenvalue weighted by Gasteiger charge is -2.01. The first-order valence-corrected chi connectivity index (χ1v) is 5.11. The van der Waals surface area contributed by atoms with Gasteiger partial charge in [-0.05, 0) is 13.0 Å². The van der Waals surface area contributed by atoms with Crippen molar-refractivity contribution in [2.75, 3.05) is 12.3 Å². The molecule has 0 fully saturated rings. The van der Waals surface area contributed by atoms with Gasteiger partial charge in [-0.1, -0.05) is 12.2 Å². The van der Waals surface area contributed by atoms with Crippen molar-refractivity contribution < 1.29 is 18.3 Å². The van der Waals surface area contributed by atoms with Gasteiger partial charge in [0.15, 0.2) is 0 Å². The number of anilines is 1. The van der Waals surface area contributed by atoms with Crippen LogP contribution in [0.5, 0.6) is 0 Å². The third kappa shape index (κ3) is 3.86. The molecule has 0 radical (unpaired) electrons. The average molecular weight is 241 g/mol. The standard InChI is InChI=1S/C12H13F2NO2/c1-2-17-12(16)5-3-4-8-6-11(15)10(14)7-9(8)13/h3-4,6-7H,2,5,15H2,1H3. The number of nitrogen functional groups attached to an aromatic ring is 1. The largest absolute Gasteiger partial charge is 0.466 e. The van der Waals surface area contributed by atoms with Crippen molar-refractivity contribution >= 4 is 17.7 Å². The van der Waals surface area contributed by atoms with E-state index in [1.807, 2.05) is 0 Å². The second kappa shape index (κ2) is 5.98. The molecular formula is C12H13F2NO2. The van der Waals surface area contributed by atoms with Crippen LogP contribution < -0.4 is 5.73 Å². The first kappa shape index (κ1) is 13.2. The average Bonchev–Trinajstić information content (AvgIpc) is 2.26. The molecule has 0 saturated heterocycles. The molecule has 0 aliphatic carbocycles. The molecule has 0 aromatic heterocycles. The highest BCUT2D eigenvalue weighted by Crippen LogP contribution is 2.17. The van der Waals surface area contributed by atoms with Crippen LogP contribution in [0.1, 0.15) is 18.9 Å². The second-order valence-electron chi connectivity index (χ2n) is 3.31. The number of ether oxygens (including phenoxy) is 1. The van der Waals surface area contributed by atoms with E-state index < -0.39 is 17.6 Å². The summed E-state index contributed by atoms with van der Waals surface area (Å²) in [7, 11) is 0. The first-order chi connectivity index (χ1) is 8.04. The van der Waals surface area contributed by atoms with Crippen molar-refractivity contribution in [3.63, 3.8) is 0 Å². The summed E-state index contributed by atoms with van der Waals surface area (Å²) in [5.41, 5.74) is 5.30. The molecule has 0 bridgehead atoms. The SMILES string of the molecule is CCOC(=O)CC=Cc1cc(N)c(F)cc1F.